The molecule has 1 fully saturated rings. The Balaban J connectivity index is 1.85. The molecule has 1 aromatic heterocycles. The zero-order chi connectivity index (χ0) is 13.9. The second-order valence-corrected chi connectivity index (χ2v) is 4.90. The molecular formula is C15H17N3O2. The third-order valence-corrected chi connectivity index (χ3v) is 3.67. The minimum absolute atomic E-state index is 0.0541. The molecule has 1 aliphatic rings. The summed E-state index contributed by atoms with van der Waals surface area (Å²) in [7, 11) is 1.58. The van der Waals surface area contributed by atoms with Crippen LogP contribution in [0.1, 0.15) is 12.8 Å². The van der Waals surface area contributed by atoms with Gasteiger partial charge < -0.3 is 14.7 Å². The summed E-state index contributed by atoms with van der Waals surface area (Å²) in [6.45, 7) is 1.84. The minimum Gasteiger partial charge on any atom is -0.399 e. The van der Waals surface area contributed by atoms with E-state index in [-0.39, 0.29) is 5.43 Å². The number of nitrogens with zero attached hydrogens (tertiary/aromatic N) is 2. The lowest BCUT2D eigenvalue weighted by Crippen LogP contribution is -2.33. The number of H-pyrrole nitrogens is 1. The van der Waals surface area contributed by atoms with Gasteiger partial charge in [0.1, 0.15) is 7.11 Å². The molecule has 0 bridgehead atoms. The molecule has 2 aromatic rings. The van der Waals surface area contributed by atoms with E-state index in [1.807, 2.05) is 18.2 Å². The summed E-state index contributed by atoms with van der Waals surface area (Å²) >= 11 is 0. The van der Waals surface area contributed by atoms with E-state index < -0.39 is 0 Å². The Kier molecular flexibility index (Phi) is 3.41. The Morgan fingerprint density at radius 2 is 2.05 bits per heavy atom. The largest absolute Gasteiger partial charge is 0.399 e. The van der Waals surface area contributed by atoms with E-state index in [4.69, 9.17) is 4.84 Å². The fourth-order valence-electron chi connectivity index (χ4n) is 2.60. The molecule has 5 nitrogen and oxygen atoms in total. The van der Waals surface area contributed by atoms with Gasteiger partial charge in [-0.1, -0.05) is 5.16 Å². The van der Waals surface area contributed by atoms with Crippen LogP contribution in [0.2, 0.25) is 0 Å². The number of oxime groups is 1. The number of nitrogens with one attached hydrogen (secondary N) is 1. The van der Waals surface area contributed by atoms with Crippen molar-refractivity contribution in [2.75, 3.05) is 25.1 Å². The van der Waals surface area contributed by atoms with Crippen molar-refractivity contribution >= 4 is 22.3 Å². The number of hydrogen-bond donors (Lipinski definition) is 1. The monoisotopic (exact) mass is 271 g/mol. The van der Waals surface area contributed by atoms with E-state index in [1.54, 1.807) is 19.4 Å². The highest BCUT2D eigenvalue weighted by atomic mass is 16.6. The molecule has 0 aliphatic carbocycles. The quantitative estimate of drug-likeness (QED) is 0.851. The summed E-state index contributed by atoms with van der Waals surface area (Å²) in [5.41, 5.74) is 3.18. The predicted octanol–water partition coefficient (Wildman–Crippen LogP) is 2.13. The Bertz CT molecular complexity index is 696. The number of aromatic amines is 1. The van der Waals surface area contributed by atoms with Crippen LogP contribution in [0, 0.1) is 0 Å². The van der Waals surface area contributed by atoms with E-state index in [0.717, 1.165) is 48.2 Å². The molecular weight excluding hydrogens is 254 g/mol. The van der Waals surface area contributed by atoms with Gasteiger partial charge in [-0.15, -0.1) is 0 Å². The highest BCUT2D eigenvalue weighted by Gasteiger charge is 2.16. The van der Waals surface area contributed by atoms with Crippen molar-refractivity contribution in [3.63, 3.8) is 0 Å². The summed E-state index contributed by atoms with van der Waals surface area (Å²) in [5, 5.41) is 4.75. The Morgan fingerprint density at radius 3 is 2.80 bits per heavy atom. The molecule has 1 aliphatic heterocycles. The third-order valence-electron chi connectivity index (χ3n) is 3.67. The molecule has 0 saturated carbocycles. The van der Waals surface area contributed by atoms with Crippen LogP contribution >= 0.6 is 0 Å². The van der Waals surface area contributed by atoms with Crippen LogP contribution in [0.25, 0.3) is 10.9 Å². The molecule has 1 aromatic carbocycles. The van der Waals surface area contributed by atoms with Crippen LogP contribution < -0.4 is 10.3 Å². The highest BCUT2D eigenvalue weighted by Crippen LogP contribution is 2.22. The molecule has 0 radical (unpaired) electrons. The van der Waals surface area contributed by atoms with Crippen LogP contribution in [0.3, 0.4) is 0 Å². The molecule has 1 saturated heterocycles. The van der Waals surface area contributed by atoms with E-state index in [1.165, 1.54) is 0 Å². The van der Waals surface area contributed by atoms with Crippen molar-refractivity contribution in [2.24, 2.45) is 5.16 Å². The highest BCUT2D eigenvalue weighted by molar-refractivity contribution is 5.87. The first-order valence-electron chi connectivity index (χ1n) is 6.73. The van der Waals surface area contributed by atoms with Crippen molar-refractivity contribution in [3.05, 3.63) is 40.7 Å². The molecule has 1 N–H and O–H groups in total. The van der Waals surface area contributed by atoms with Crippen molar-refractivity contribution in [2.45, 2.75) is 12.8 Å². The summed E-state index contributed by atoms with van der Waals surface area (Å²) in [4.78, 5) is 22.0. The number of benzene rings is 1. The van der Waals surface area contributed by atoms with Crippen molar-refractivity contribution < 1.29 is 4.84 Å². The van der Waals surface area contributed by atoms with E-state index in [0.29, 0.717) is 0 Å². The maximum Gasteiger partial charge on any atom is 0.189 e. The van der Waals surface area contributed by atoms with Gasteiger partial charge in [0, 0.05) is 49.3 Å². The fourth-order valence-corrected chi connectivity index (χ4v) is 2.60. The van der Waals surface area contributed by atoms with Crippen LogP contribution in [0.4, 0.5) is 5.69 Å². The lowest BCUT2D eigenvalue weighted by molar-refractivity contribution is 0.211. The normalized spacial score (nSPS) is 15.4. The zero-order valence-corrected chi connectivity index (χ0v) is 11.4. The van der Waals surface area contributed by atoms with Crippen LogP contribution in [-0.2, 0) is 4.84 Å². The van der Waals surface area contributed by atoms with Gasteiger partial charge in [0.15, 0.2) is 5.43 Å². The van der Waals surface area contributed by atoms with Crippen LogP contribution in [0.5, 0.6) is 0 Å². The van der Waals surface area contributed by atoms with Crippen molar-refractivity contribution in [1.29, 1.82) is 0 Å². The van der Waals surface area contributed by atoms with Crippen molar-refractivity contribution in [3.8, 4) is 0 Å². The molecule has 20 heavy (non-hydrogen) atoms. The smallest absolute Gasteiger partial charge is 0.189 e. The number of piperidine rings is 1. The summed E-state index contributed by atoms with van der Waals surface area (Å²) < 4.78 is 0. The molecule has 104 valence electrons. The number of hydrogen-bond acceptors (Lipinski definition) is 4. The lowest BCUT2D eigenvalue weighted by Gasteiger charge is -2.29. The van der Waals surface area contributed by atoms with Gasteiger partial charge in [0.25, 0.3) is 0 Å². The maximum absolute atomic E-state index is 11.7. The van der Waals surface area contributed by atoms with Gasteiger partial charge in [-0.2, -0.15) is 0 Å². The molecule has 0 unspecified atom stereocenters. The summed E-state index contributed by atoms with van der Waals surface area (Å²) in [6.07, 6.45) is 3.52. The van der Waals surface area contributed by atoms with E-state index in [9.17, 15) is 4.79 Å². The standard InChI is InChI=1S/C15H17N3O2/c1-20-17-11-5-8-18(9-6-11)12-2-3-13-14(10-12)16-7-4-15(13)19/h2-4,7,10H,5-6,8-9H2,1H3,(H,16,19). The molecule has 0 atom stereocenters. The number of aromatic nitrogens is 1. The van der Waals surface area contributed by atoms with Gasteiger partial charge >= 0.3 is 0 Å². The van der Waals surface area contributed by atoms with Crippen LogP contribution in [0.15, 0.2) is 40.4 Å². The predicted molar refractivity (Wildman–Crippen MR) is 80.5 cm³/mol. The maximum atomic E-state index is 11.7. The second kappa shape index (κ2) is 5.36. The molecule has 5 heteroatoms. The first-order chi connectivity index (χ1) is 9.78. The summed E-state index contributed by atoms with van der Waals surface area (Å²) in [6, 6.07) is 7.49. The van der Waals surface area contributed by atoms with Gasteiger partial charge in [-0.05, 0) is 18.2 Å². The SMILES string of the molecule is CON=C1CCN(c2ccc3c(=O)cc[nH]c3c2)CC1. The average Bonchev–Trinajstić information content (AvgIpc) is 2.48. The molecule has 0 amide bonds. The molecule has 3 rings (SSSR count). The molecule has 2 heterocycles. The van der Waals surface area contributed by atoms with Gasteiger partial charge in [-0.3, -0.25) is 4.79 Å². The second-order valence-electron chi connectivity index (χ2n) is 4.90. The number of anilines is 1. The Labute approximate surface area is 116 Å². The van der Waals surface area contributed by atoms with E-state index >= 15 is 0 Å². The number of fused-ring (bicyclic) bond motifs is 1. The van der Waals surface area contributed by atoms with Crippen molar-refractivity contribution in [1.82, 2.24) is 4.98 Å². The third kappa shape index (κ3) is 2.39. The van der Waals surface area contributed by atoms with Gasteiger partial charge in [0.2, 0.25) is 0 Å². The lowest BCUT2D eigenvalue weighted by atomic mass is 10.1. The number of rotatable bonds is 2. The summed E-state index contributed by atoms with van der Waals surface area (Å²) in [5.74, 6) is 0. The first-order valence-corrected chi connectivity index (χ1v) is 6.73. The average molecular weight is 271 g/mol. The topological polar surface area (TPSA) is 57.7 Å². The first kappa shape index (κ1) is 12.7. The molecule has 0 spiro atoms. The van der Waals surface area contributed by atoms with Gasteiger partial charge in [-0.25, -0.2) is 0 Å². The van der Waals surface area contributed by atoms with Gasteiger partial charge in [0.05, 0.1) is 11.2 Å². The Morgan fingerprint density at radius 1 is 1.25 bits per heavy atom. The fraction of sp³-hybridized carbons (Fsp3) is 0.333. The van der Waals surface area contributed by atoms with E-state index in [2.05, 4.69) is 15.0 Å². The number of pyridine rings is 1. The zero-order valence-electron chi connectivity index (χ0n) is 11.4. The van der Waals surface area contributed by atoms with Crippen LogP contribution in [-0.4, -0.2) is 30.9 Å². The Hall–Kier alpha value is -2.30. The minimum atomic E-state index is 0.0541.